The lowest BCUT2D eigenvalue weighted by molar-refractivity contribution is 0.0687. The summed E-state index contributed by atoms with van der Waals surface area (Å²) >= 11 is 0. The zero-order chi connectivity index (χ0) is 14.6. The highest BCUT2D eigenvalue weighted by molar-refractivity contribution is 5.20. The second-order valence-corrected chi connectivity index (χ2v) is 4.75. The molecule has 1 aromatic rings. The van der Waals surface area contributed by atoms with Crippen molar-refractivity contribution >= 4 is 0 Å². The Bertz CT molecular complexity index is 360. The van der Waals surface area contributed by atoms with Gasteiger partial charge in [0.1, 0.15) is 5.82 Å². The average Bonchev–Trinajstić information content (AvgIpc) is 2.47. The summed E-state index contributed by atoms with van der Waals surface area (Å²) in [5.74, 6) is -0.130. The monoisotopic (exact) mass is 283 g/mol. The average molecular weight is 283 g/mol. The lowest BCUT2D eigenvalue weighted by Crippen LogP contribution is -2.23. The van der Waals surface area contributed by atoms with Crippen LogP contribution in [0.1, 0.15) is 37.8 Å². The molecule has 1 aromatic carbocycles. The number of benzene rings is 1. The summed E-state index contributed by atoms with van der Waals surface area (Å²) in [6, 6.07) is 7.06. The van der Waals surface area contributed by atoms with E-state index in [1.165, 1.54) is 6.07 Å². The Balaban J connectivity index is 2.18. The van der Waals surface area contributed by atoms with Crippen LogP contribution in [0.4, 0.5) is 4.39 Å². The maximum atomic E-state index is 13.7. The molecule has 20 heavy (non-hydrogen) atoms. The Hall–Kier alpha value is -0.970. The smallest absolute Gasteiger partial charge is 0.127 e. The first-order valence-electron chi connectivity index (χ1n) is 7.34. The fourth-order valence-electron chi connectivity index (χ4n) is 2.08. The van der Waals surface area contributed by atoms with Crippen molar-refractivity contribution in [2.45, 2.75) is 32.2 Å². The van der Waals surface area contributed by atoms with E-state index in [4.69, 9.17) is 9.47 Å². The van der Waals surface area contributed by atoms with E-state index in [-0.39, 0.29) is 11.9 Å². The Labute approximate surface area is 121 Å². The van der Waals surface area contributed by atoms with Crippen LogP contribution in [0.25, 0.3) is 0 Å². The molecular weight excluding hydrogens is 257 g/mol. The molecule has 1 unspecified atom stereocenters. The van der Waals surface area contributed by atoms with Crippen molar-refractivity contribution in [3.05, 3.63) is 35.6 Å². The molecule has 0 fully saturated rings. The summed E-state index contributed by atoms with van der Waals surface area (Å²) in [6.07, 6.45) is 2.91. The van der Waals surface area contributed by atoms with E-state index in [2.05, 4.69) is 12.2 Å². The number of hydrogen-bond acceptors (Lipinski definition) is 3. The normalized spacial score (nSPS) is 12.6. The molecule has 0 bridgehead atoms. The van der Waals surface area contributed by atoms with Crippen LogP contribution < -0.4 is 5.32 Å². The molecule has 114 valence electrons. The molecule has 0 aliphatic carbocycles. The molecule has 1 rings (SSSR count). The minimum atomic E-state index is -0.130. The fraction of sp³-hybridized carbons (Fsp3) is 0.625. The number of halogens is 1. The Morgan fingerprint density at radius 3 is 2.65 bits per heavy atom. The Morgan fingerprint density at radius 2 is 1.95 bits per heavy atom. The topological polar surface area (TPSA) is 30.5 Å². The second-order valence-electron chi connectivity index (χ2n) is 4.75. The minimum absolute atomic E-state index is 0.0885. The predicted octanol–water partition coefficient (Wildman–Crippen LogP) is 3.31. The van der Waals surface area contributed by atoms with Gasteiger partial charge in [0, 0.05) is 25.3 Å². The maximum absolute atomic E-state index is 13.7. The van der Waals surface area contributed by atoms with Crippen LogP contribution in [0.5, 0.6) is 0 Å². The van der Waals surface area contributed by atoms with E-state index in [0.29, 0.717) is 13.2 Å². The van der Waals surface area contributed by atoms with Crippen molar-refractivity contribution < 1.29 is 13.9 Å². The van der Waals surface area contributed by atoms with E-state index >= 15 is 0 Å². The molecule has 3 nitrogen and oxygen atoms in total. The van der Waals surface area contributed by atoms with Crippen molar-refractivity contribution in [2.75, 3.05) is 33.5 Å². The van der Waals surface area contributed by atoms with Crippen molar-refractivity contribution in [3.8, 4) is 0 Å². The molecule has 0 aromatic heterocycles. The molecule has 0 spiro atoms. The number of ether oxygens (including phenoxy) is 2. The standard InChI is InChI=1S/C16H26FNO2/c1-3-16(14-8-4-5-9-15(14)17)18-10-6-7-11-20-13-12-19-2/h4-5,8-9,16,18H,3,6-7,10-13H2,1-2H3. The van der Waals surface area contributed by atoms with Gasteiger partial charge in [0.25, 0.3) is 0 Å². The van der Waals surface area contributed by atoms with Gasteiger partial charge >= 0.3 is 0 Å². The first-order valence-corrected chi connectivity index (χ1v) is 7.34. The van der Waals surface area contributed by atoms with Crippen molar-refractivity contribution in [2.24, 2.45) is 0 Å². The van der Waals surface area contributed by atoms with Gasteiger partial charge in [-0.1, -0.05) is 25.1 Å². The molecular formula is C16H26FNO2. The van der Waals surface area contributed by atoms with Gasteiger partial charge in [0.15, 0.2) is 0 Å². The molecule has 0 radical (unpaired) electrons. The van der Waals surface area contributed by atoms with Gasteiger partial charge in [-0.2, -0.15) is 0 Å². The number of methoxy groups -OCH3 is 1. The third-order valence-electron chi connectivity index (χ3n) is 3.23. The molecule has 4 heteroatoms. The summed E-state index contributed by atoms with van der Waals surface area (Å²) in [7, 11) is 1.67. The lowest BCUT2D eigenvalue weighted by atomic mass is 10.0. The third-order valence-corrected chi connectivity index (χ3v) is 3.23. The number of rotatable bonds is 11. The van der Waals surface area contributed by atoms with Crippen LogP contribution in [-0.2, 0) is 9.47 Å². The molecule has 0 amide bonds. The maximum Gasteiger partial charge on any atom is 0.127 e. The Kier molecular flexibility index (Phi) is 9.20. The fourth-order valence-corrected chi connectivity index (χ4v) is 2.08. The third kappa shape index (κ3) is 6.46. The first-order chi connectivity index (χ1) is 9.79. The van der Waals surface area contributed by atoms with Crippen molar-refractivity contribution in [3.63, 3.8) is 0 Å². The molecule has 0 aliphatic heterocycles. The number of hydrogen-bond donors (Lipinski definition) is 1. The van der Waals surface area contributed by atoms with Crippen LogP contribution >= 0.6 is 0 Å². The molecule has 0 aliphatic rings. The molecule has 1 atom stereocenters. The van der Waals surface area contributed by atoms with E-state index in [9.17, 15) is 4.39 Å². The highest BCUT2D eigenvalue weighted by Gasteiger charge is 2.12. The second kappa shape index (κ2) is 10.8. The first kappa shape index (κ1) is 17.1. The van der Waals surface area contributed by atoms with Gasteiger partial charge in [-0.25, -0.2) is 4.39 Å². The summed E-state index contributed by atoms with van der Waals surface area (Å²) in [5, 5.41) is 3.41. The van der Waals surface area contributed by atoms with Gasteiger partial charge in [0.2, 0.25) is 0 Å². The molecule has 0 saturated heterocycles. The van der Waals surface area contributed by atoms with Gasteiger partial charge in [-0.05, 0) is 31.9 Å². The van der Waals surface area contributed by atoms with E-state index in [1.54, 1.807) is 13.2 Å². The molecule has 0 saturated carbocycles. The van der Waals surface area contributed by atoms with E-state index in [0.717, 1.165) is 38.0 Å². The van der Waals surface area contributed by atoms with Crippen LogP contribution in [-0.4, -0.2) is 33.5 Å². The number of nitrogens with one attached hydrogen (secondary N) is 1. The predicted molar refractivity (Wildman–Crippen MR) is 79.4 cm³/mol. The van der Waals surface area contributed by atoms with Gasteiger partial charge < -0.3 is 14.8 Å². The molecule has 1 N–H and O–H groups in total. The lowest BCUT2D eigenvalue weighted by Gasteiger charge is -2.18. The highest BCUT2D eigenvalue weighted by Crippen LogP contribution is 2.19. The SMILES string of the molecule is CCC(NCCCCOCCOC)c1ccccc1F. The number of unbranched alkanes of at least 4 members (excludes halogenated alkanes) is 1. The van der Waals surface area contributed by atoms with Gasteiger partial charge in [-0.3, -0.25) is 0 Å². The zero-order valence-corrected chi connectivity index (χ0v) is 12.5. The highest BCUT2D eigenvalue weighted by atomic mass is 19.1. The van der Waals surface area contributed by atoms with Gasteiger partial charge in [-0.15, -0.1) is 0 Å². The summed E-state index contributed by atoms with van der Waals surface area (Å²) in [4.78, 5) is 0. The summed E-state index contributed by atoms with van der Waals surface area (Å²) in [5.41, 5.74) is 0.756. The van der Waals surface area contributed by atoms with Crippen LogP contribution in [0.3, 0.4) is 0 Å². The van der Waals surface area contributed by atoms with Crippen LogP contribution in [0.2, 0.25) is 0 Å². The van der Waals surface area contributed by atoms with Crippen LogP contribution in [0.15, 0.2) is 24.3 Å². The van der Waals surface area contributed by atoms with E-state index in [1.807, 2.05) is 12.1 Å². The van der Waals surface area contributed by atoms with E-state index < -0.39 is 0 Å². The zero-order valence-electron chi connectivity index (χ0n) is 12.5. The quantitative estimate of drug-likeness (QED) is 0.632. The Morgan fingerprint density at radius 1 is 1.15 bits per heavy atom. The summed E-state index contributed by atoms with van der Waals surface area (Å²) < 4.78 is 24.0. The van der Waals surface area contributed by atoms with Gasteiger partial charge in [0.05, 0.1) is 13.2 Å². The van der Waals surface area contributed by atoms with Crippen molar-refractivity contribution in [1.82, 2.24) is 5.32 Å². The summed E-state index contributed by atoms with van der Waals surface area (Å²) in [6.45, 7) is 4.99. The van der Waals surface area contributed by atoms with Crippen LogP contribution in [0, 0.1) is 5.82 Å². The largest absolute Gasteiger partial charge is 0.382 e. The molecule has 0 heterocycles. The minimum Gasteiger partial charge on any atom is -0.382 e. The van der Waals surface area contributed by atoms with Crippen molar-refractivity contribution in [1.29, 1.82) is 0 Å².